The molecule has 1 aromatic carbocycles. The Balaban J connectivity index is 1.98. The summed E-state index contributed by atoms with van der Waals surface area (Å²) in [5.74, 6) is 0.296. The molecule has 4 rings (SSSR count). The molecule has 4 N–H and O–H groups in total. The summed E-state index contributed by atoms with van der Waals surface area (Å²) < 4.78 is 0. The van der Waals surface area contributed by atoms with Gasteiger partial charge in [-0.3, -0.25) is 0 Å². The monoisotopic (exact) mass is 308 g/mol. The van der Waals surface area contributed by atoms with Crippen LogP contribution < -0.4 is 16.0 Å². The first-order chi connectivity index (χ1) is 11.2. The van der Waals surface area contributed by atoms with Crippen LogP contribution in [0.5, 0.6) is 0 Å². The Morgan fingerprint density at radius 3 is 2.57 bits per heavy atom. The average Bonchev–Trinajstić information content (AvgIpc) is 2.91. The van der Waals surface area contributed by atoms with Crippen LogP contribution in [0.4, 0.5) is 11.6 Å². The number of aryl methyl sites for hydroxylation is 1. The van der Waals surface area contributed by atoms with Gasteiger partial charge in [-0.15, -0.1) is 0 Å². The van der Waals surface area contributed by atoms with E-state index < -0.39 is 0 Å². The third-order valence-corrected chi connectivity index (χ3v) is 4.30. The maximum Gasteiger partial charge on any atom is 0.222 e. The Kier molecular flexibility index (Phi) is 3.38. The second-order valence-corrected chi connectivity index (χ2v) is 5.86. The van der Waals surface area contributed by atoms with E-state index in [1.54, 1.807) is 0 Å². The minimum atomic E-state index is 0.296. The van der Waals surface area contributed by atoms with Crippen LogP contribution in [-0.2, 0) is 0 Å². The zero-order valence-corrected chi connectivity index (χ0v) is 13.1. The molecule has 1 aliphatic rings. The summed E-state index contributed by atoms with van der Waals surface area (Å²) in [5, 5.41) is 4.46. The number of nitrogens with two attached hydrogens (primary N) is 1. The smallest absolute Gasteiger partial charge is 0.222 e. The van der Waals surface area contributed by atoms with Gasteiger partial charge in [-0.1, -0.05) is 30.3 Å². The van der Waals surface area contributed by atoms with Crippen molar-refractivity contribution >= 4 is 22.7 Å². The Morgan fingerprint density at radius 1 is 1.09 bits per heavy atom. The number of anilines is 2. The van der Waals surface area contributed by atoms with E-state index in [2.05, 4.69) is 44.2 Å². The number of hydrogen-bond acceptors (Lipinski definition) is 5. The quantitative estimate of drug-likeness (QED) is 0.674. The second kappa shape index (κ2) is 5.55. The largest absolute Gasteiger partial charge is 0.368 e. The van der Waals surface area contributed by atoms with E-state index >= 15 is 0 Å². The zero-order valence-electron chi connectivity index (χ0n) is 13.1. The minimum absolute atomic E-state index is 0.296. The number of fused-ring (bicyclic) bond motifs is 1. The number of nitrogens with one attached hydrogen (secondary N) is 2. The van der Waals surface area contributed by atoms with Gasteiger partial charge in [-0.25, -0.2) is 4.98 Å². The highest BCUT2D eigenvalue weighted by atomic mass is 15.2. The lowest BCUT2D eigenvalue weighted by Crippen LogP contribution is -2.43. The molecular formula is C17H20N6. The molecule has 3 heterocycles. The first-order valence-electron chi connectivity index (χ1n) is 7.91. The summed E-state index contributed by atoms with van der Waals surface area (Å²) in [7, 11) is 0. The van der Waals surface area contributed by atoms with E-state index in [-0.39, 0.29) is 0 Å². The lowest BCUT2D eigenvalue weighted by atomic mass is 10.1. The van der Waals surface area contributed by atoms with E-state index in [1.807, 2.05) is 18.2 Å². The molecule has 0 spiro atoms. The van der Waals surface area contributed by atoms with Gasteiger partial charge in [0.15, 0.2) is 0 Å². The van der Waals surface area contributed by atoms with Gasteiger partial charge in [0.25, 0.3) is 0 Å². The molecule has 0 aliphatic carbocycles. The van der Waals surface area contributed by atoms with E-state index in [4.69, 9.17) is 5.73 Å². The first kappa shape index (κ1) is 14.0. The maximum atomic E-state index is 5.93. The van der Waals surface area contributed by atoms with E-state index in [9.17, 15) is 0 Å². The average molecular weight is 308 g/mol. The topological polar surface area (TPSA) is 82.9 Å². The fourth-order valence-corrected chi connectivity index (χ4v) is 3.31. The molecule has 1 fully saturated rings. The van der Waals surface area contributed by atoms with Crippen LogP contribution in [-0.4, -0.2) is 41.1 Å². The highest BCUT2D eigenvalue weighted by molar-refractivity contribution is 6.03. The van der Waals surface area contributed by atoms with Crippen molar-refractivity contribution in [1.82, 2.24) is 20.3 Å². The molecule has 2 aromatic heterocycles. The lowest BCUT2D eigenvalue weighted by Gasteiger charge is -2.30. The summed E-state index contributed by atoms with van der Waals surface area (Å²) in [6.07, 6.45) is 0. The van der Waals surface area contributed by atoms with Crippen molar-refractivity contribution in [3.05, 3.63) is 36.0 Å². The molecule has 6 heteroatoms. The molecular weight excluding hydrogens is 288 g/mol. The number of piperazine rings is 1. The van der Waals surface area contributed by atoms with Crippen LogP contribution >= 0.6 is 0 Å². The fraction of sp³-hybridized carbons (Fsp3) is 0.294. The molecule has 23 heavy (non-hydrogen) atoms. The maximum absolute atomic E-state index is 5.93. The Hall–Kier alpha value is -2.60. The molecule has 1 aliphatic heterocycles. The summed E-state index contributed by atoms with van der Waals surface area (Å²) >= 11 is 0. The number of nitrogen functional groups attached to an aromatic ring is 1. The van der Waals surface area contributed by atoms with Gasteiger partial charge in [-0.05, 0) is 6.92 Å². The lowest BCUT2D eigenvalue weighted by molar-refractivity contribution is 0.589. The summed E-state index contributed by atoms with van der Waals surface area (Å²) in [6, 6.07) is 10.2. The highest BCUT2D eigenvalue weighted by Gasteiger charge is 2.22. The van der Waals surface area contributed by atoms with Crippen LogP contribution in [0.2, 0.25) is 0 Å². The van der Waals surface area contributed by atoms with Gasteiger partial charge < -0.3 is 20.9 Å². The molecule has 0 unspecified atom stereocenters. The molecule has 0 amide bonds. The Labute approximate surface area is 134 Å². The number of benzene rings is 1. The molecule has 6 nitrogen and oxygen atoms in total. The predicted molar refractivity (Wildman–Crippen MR) is 93.6 cm³/mol. The van der Waals surface area contributed by atoms with Crippen molar-refractivity contribution in [1.29, 1.82) is 0 Å². The van der Waals surface area contributed by atoms with Gasteiger partial charge in [0.2, 0.25) is 5.95 Å². The van der Waals surface area contributed by atoms with Crippen molar-refractivity contribution in [2.45, 2.75) is 6.92 Å². The molecule has 0 atom stereocenters. The highest BCUT2D eigenvalue weighted by Crippen LogP contribution is 2.37. The predicted octanol–water partition coefficient (Wildman–Crippen LogP) is 1.93. The normalized spacial score (nSPS) is 15.3. The second-order valence-electron chi connectivity index (χ2n) is 5.86. The molecule has 0 radical (unpaired) electrons. The van der Waals surface area contributed by atoms with Crippen molar-refractivity contribution < 1.29 is 0 Å². The Bertz CT molecular complexity index is 833. The number of nitrogens with zero attached hydrogens (tertiary/aromatic N) is 3. The van der Waals surface area contributed by atoms with Crippen molar-refractivity contribution in [3.63, 3.8) is 0 Å². The Morgan fingerprint density at radius 2 is 1.83 bits per heavy atom. The first-order valence-corrected chi connectivity index (χ1v) is 7.91. The molecule has 118 valence electrons. The number of aromatic nitrogens is 3. The van der Waals surface area contributed by atoms with Crippen LogP contribution in [0.3, 0.4) is 0 Å². The van der Waals surface area contributed by atoms with Gasteiger partial charge in [0.1, 0.15) is 5.65 Å². The fourth-order valence-electron chi connectivity index (χ4n) is 3.31. The number of hydrogen-bond donors (Lipinski definition) is 3. The molecule has 1 saturated heterocycles. The third kappa shape index (κ3) is 2.41. The van der Waals surface area contributed by atoms with Crippen LogP contribution in [0.25, 0.3) is 22.3 Å². The van der Waals surface area contributed by atoms with E-state index in [0.29, 0.717) is 5.95 Å². The van der Waals surface area contributed by atoms with Gasteiger partial charge in [-0.2, -0.15) is 4.98 Å². The van der Waals surface area contributed by atoms with Crippen molar-refractivity contribution in [2.75, 3.05) is 36.8 Å². The van der Waals surface area contributed by atoms with Crippen molar-refractivity contribution in [2.24, 2.45) is 0 Å². The summed E-state index contributed by atoms with van der Waals surface area (Å²) in [4.78, 5) is 14.7. The third-order valence-electron chi connectivity index (χ3n) is 4.30. The van der Waals surface area contributed by atoms with Crippen molar-refractivity contribution in [3.8, 4) is 11.3 Å². The van der Waals surface area contributed by atoms with Gasteiger partial charge in [0.05, 0.1) is 16.8 Å². The van der Waals surface area contributed by atoms with Gasteiger partial charge in [0, 0.05) is 37.4 Å². The van der Waals surface area contributed by atoms with Crippen LogP contribution in [0, 0.1) is 6.92 Å². The molecule has 3 aromatic rings. The molecule has 0 bridgehead atoms. The minimum Gasteiger partial charge on any atom is -0.368 e. The SMILES string of the molecule is Cc1[nH]c2nc(N)nc(-c3ccccc3)c2c1N1CCNCC1. The zero-order chi connectivity index (χ0) is 15.8. The summed E-state index contributed by atoms with van der Waals surface area (Å²) in [5.41, 5.74) is 11.0. The van der Waals surface area contributed by atoms with E-state index in [0.717, 1.165) is 54.2 Å². The van der Waals surface area contributed by atoms with Gasteiger partial charge >= 0.3 is 0 Å². The number of rotatable bonds is 2. The summed E-state index contributed by atoms with van der Waals surface area (Å²) in [6.45, 7) is 6.02. The standard InChI is InChI=1S/C17H20N6/c1-11-15(23-9-7-19-8-10-23)13-14(12-5-3-2-4-6-12)21-17(18)22-16(13)20-11/h2-6,19H,7-10H2,1H3,(H3,18,20,21,22). The van der Waals surface area contributed by atoms with Crippen LogP contribution in [0.1, 0.15) is 5.69 Å². The number of aromatic amines is 1. The number of H-pyrrole nitrogens is 1. The molecule has 0 saturated carbocycles. The van der Waals surface area contributed by atoms with E-state index in [1.165, 1.54) is 5.69 Å². The van der Waals surface area contributed by atoms with Crippen LogP contribution in [0.15, 0.2) is 30.3 Å².